The van der Waals surface area contributed by atoms with E-state index in [0.717, 1.165) is 53.8 Å². The van der Waals surface area contributed by atoms with Crippen LogP contribution in [0.1, 0.15) is 51.5 Å². The Labute approximate surface area is 218 Å². The molecule has 8 heteroatoms. The van der Waals surface area contributed by atoms with Crippen molar-refractivity contribution >= 4 is 28.7 Å². The van der Waals surface area contributed by atoms with Gasteiger partial charge in [-0.05, 0) is 102 Å². The summed E-state index contributed by atoms with van der Waals surface area (Å²) in [5.41, 5.74) is 3.67. The highest BCUT2D eigenvalue weighted by atomic mass is 35.5. The average Bonchev–Trinajstić information content (AvgIpc) is 3.19. The second-order valence-corrected chi connectivity index (χ2v) is 11.2. The minimum absolute atomic E-state index is 0.244. The molecule has 0 unspecified atom stereocenters. The maximum absolute atomic E-state index is 12.6. The predicted octanol–water partition coefficient (Wildman–Crippen LogP) is 6.33. The van der Waals surface area contributed by atoms with Crippen molar-refractivity contribution in [1.82, 2.24) is 19.8 Å². The maximum Gasteiger partial charge on any atom is 0.410 e. The van der Waals surface area contributed by atoms with Crippen molar-refractivity contribution in [3.05, 3.63) is 47.1 Å². The van der Waals surface area contributed by atoms with Crippen molar-refractivity contribution in [2.45, 2.75) is 51.6 Å². The molecule has 194 valence electrons. The molecular formula is C28H37ClN4O3. The molecule has 7 nitrogen and oxygen atoms in total. The number of nitrogens with zero attached hydrogens (tertiary/aromatic N) is 3. The van der Waals surface area contributed by atoms with E-state index in [2.05, 4.69) is 41.1 Å². The summed E-state index contributed by atoms with van der Waals surface area (Å²) >= 11 is 6.35. The van der Waals surface area contributed by atoms with E-state index >= 15 is 0 Å². The van der Waals surface area contributed by atoms with Gasteiger partial charge in [0, 0.05) is 31.2 Å². The van der Waals surface area contributed by atoms with E-state index in [0.29, 0.717) is 24.7 Å². The zero-order valence-electron chi connectivity index (χ0n) is 21.9. The second kappa shape index (κ2) is 11.1. The van der Waals surface area contributed by atoms with Gasteiger partial charge in [0.2, 0.25) is 0 Å². The molecule has 1 N–H and O–H groups in total. The van der Waals surface area contributed by atoms with Gasteiger partial charge in [-0.3, -0.25) is 0 Å². The van der Waals surface area contributed by atoms with Crippen LogP contribution in [0.25, 0.3) is 22.3 Å². The molecule has 2 aromatic heterocycles. The molecule has 3 heterocycles. The molecule has 0 spiro atoms. The van der Waals surface area contributed by atoms with Gasteiger partial charge >= 0.3 is 6.09 Å². The molecule has 36 heavy (non-hydrogen) atoms. The smallest absolute Gasteiger partial charge is 0.410 e. The van der Waals surface area contributed by atoms with Gasteiger partial charge in [-0.25, -0.2) is 9.78 Å². The molecule has 0 atom stereocenters. The lowest BCUT2D eigenvalue weighted by Crippen LogP contribution is -2.41. The summed E-state index contributed by atoms with van der Waals surface area (Å²) in [6.45, 7) is 8.68. The number of carbonyl (C=O) groups excluding carboxylic acids is 1. The fourth-order valence-electron chi connectivity index (χ4n) is 4.68. The van der Waals surface area contributed by atoms with Crippen molar-refractivity contribution in [3.63, 3.8) is 0 Å². The summed E-state index contributed by atoms with van der Waals surface area (Å²) in [6, 6.07) is 10.2. The number of amides is 1. The first-order chi connectivity index (χ1) is 17.1. The number of rotatable bonds is 7. The van der Waals surface area contributed by atoms with Crippen LogP contribution in [0, 0.1) is 0 Å². The van der Waals surface area contributed by atoms with Crippen LogP contribution in [-0.2, 0) is 4.74 Å². The number of halogens is 1. The Morgan fingerprint density at radius 1 is 1.19 bits per heavy atom. The first-order valence-corrected chi connectivity index (χ1v) is 13.0. The molecule has 1 aliphatic rings. The highest BCUT2D eigenvalue weighted by Gasteiger charge is 2.30. The lowest BCUT2D eigenvalue weighted by atomic mass is 9.86. The van der Waals surface area contributed by atoms with Gasteiger partial charge in [0.25, 0.3) is 0 Å². The number of aromatic nitrogens is 2. The first-order valence-electron chi connectivity index (χ1n) is 12.6. The Bertz CT molecular complexity index is 1180. The summed E-state index contributed by atoms with van der Waals surface area (Å²) in [5.74, 6) is 1.14. The lowest BCUT2D eigenvalue weighted by molar-refractivity contribution is 0.0205. The Morgan fingerprint density at radius 2 is 1.89 bits per heavy atom. The van der Waals surface area contributed by atoms with Gasteiger partial charge in [0.05, 0.1) is 17.3 Å². The van der Waals surface area contributed by atoms with Crippen molar-refractivity contribution in [1.29, 1.82) is 0 Å². The topological polar surface area (TPSA) is 70.7 Å². The molecule has 0 radical (unpaired) electrons. The predicted molar refractivity (Wildman–Crippen MR) is 145 cm³/mol. The van der Waals surface area contributed by atoms with E-state index in [-0.39, 0.29) is 12.0 Å². The average molecular weight is 513 g/mol. The molecule has 1 aliphatic heterocycles. The third kappa shape index (κ3) is 6.51. The lowest BCUT2D eigenvalue weighted by Gasteiger charge is -2.33. The summed E-state index contributed by atoms with van der Waals surface area (Å²) in [5, 5.41) is 1.65. The van der Waals surface area contributed by atoms with Gasteiger partial charge in [-0.15, -0.1) is 0 Å². The fourth-order valence-corrected chi connectivity index (χ4v) is 4.84. The monoisotopic (exact) mass is 512 g/mol. The third-order valence-corrected chi connectivity index (χ3v) is 6.58. The van der Waals surface area contributed by atoms with E-state index in [1.165, 1.54) is 5.56 Å². The largest absolute Gasteiger partial charge is 0.494 e. The molecule has 0 bridgehead atoms. The number of benzene rings is 1. The Balaban J connectivity index is 1.54. The number of pyridine rings is 1. The number of piperidine rings is 1. The fraction of sp³-hybridized carbons (Fsp3) is 0.500. The summed E-state index contributed by atoms with van der Waals surface area (Å²) in [7, 11) is 4.13. The number of likely N-dealkylation sites (tertiary alicyclic amines) is 1. The number of fused-ring (bicyclic) bond motifs is 1. The Morgan fingerprint density at radius 3 is 2.53 bits per heavy atom. The van der Waals surface area contributed by atoms with Crippen LogP contribution in [0.5, 0.6) is 5.75 Å². The van der Waals surface area contributed by atoms with Crippen LogP contribution in [0.4, 0.5) is 4.79 Å². The number of H-pyrrole nitrogens is 1. The number of nitrogens with one attached hydrogen (secondary N) is 1. The zero-order valence-corrected chi connectivity index (χ0v) is 22.7. The van der Waals surface area contributed by atoms with Crippen molar-refractivity contribution < 1.29 is 14.3 Å². The normalized spacial score (nSPS) is 15.0. The van der Waals surface area contributed by atoms with Crippen molar-refractivity contribution in [3.8, 4) is 17.0 Å². The second-order valence-electron chi connectivity index (χ2n) is 10.7. The summed E-state index contributed by atoms with van der Waals surface area (Å²) in [4.78, 5) is 24.6. The van der Waals surface area contributed by atoms with Crippen molar-refractivity contribution in [2.24, 2.45) is 0 Å². The van der Waals surface area contributed by atoms with Crippen LogP contribution in [-0.4, -0.2) is 71.8 Å². The molecule has 1 saturated heterocycles. The van der Waals surface area contributed by atoms with Crippen LogP contribution in [0.2, 0.25) is 5.02 Å². The first kappa shape index (κ1) is 26.3. The third-order valence-electron chi connectivity index (χ3n) is 6.37. The van der Waals surface area contributed by atoms with Crippen LogP contribution < -0.4 is 4.74 Å². The van der Waals surface area contributed by atoms with Crippen LogP contribution in [0.15, 0.2) is 36.5 Å². The highest BCUT2D eigenvalue weighted by Crippen LogP contribution is 2.41. The van der Waals surface area contributed by atoms with Gasteiger partial charge < -0.3 is 24.3 Å². The number of hydrogen-bond acceptors (Lipinski definition) is 5. The number of carbonyl (C=O) groups is 1. The van der Waals surface area contributed by atoms with Crippen LogP contribution >= 0.6 is 11.6 Å². The summed E-state index contributed by atoms with van der Waals surface area (Å²) in [6.07, 6.45) is 4.10. The molecule has 3 aromatic rings. The standard InChI is InChI=1S/C28H37ClN4O3/c1-28(2,3)36-27(34)33-14-11-19(12-15-33)24-23-17-21(29)18-30-26(23)31-25(24)20-7-9-22(10-8-20)35-16-6-13-32(4)5/h7-10,17-19H,6,11-16H2,1-5H3,(H,30,31). The van der Waals surface area contributed by atoms with Gasteiger partial charge in [-0.1, -0.05) is 11.6 Å². The highest BCUT2D eigenvalue weighted by molar-refractivity contribution is 6.31. The molecule has 1 amide bonds. The van der Waals surface area contributed by atoms with Crippen molar-refractivity contribution in [2.75, 3.05) is 40.3 Å². The number of hydrogen-bond donors (Lipinski definition) is 1. The zero-order chi connectivity index (χ0) is 25.9. The number of aromatic amines is 1. The van der Waals surface area contributed by atoms with Crippen LogP contribution in [0.3, 0.4) is 0 Å². The van der Waals surface area contributed by atoms with E-state index in [1.807, 2.05) is 43.9 Å². The molecule has 0 saturated carbocycles. The SMILES string of the molecule is CN(C)CCCOc1ccc(-c2[nH]c3ncc(Cl)cc3c2C2CCN(C(=O)OC(C)(C)C)CC2)cc1. The maximum atomic E-state index is 12.6. The van der Waals surface area contributed by atoms with E-state index in [1.54, 1.807) is 6.20 Å². The molecular weight excluding hydrogens is 476 g/mol. The Kier molecular flexibility index (Phi) is 8.10. The molecule has 0 aliphatic carbocycles. The van der Waals surface area contributed by atoms with E-state index in [9.17, 15) is 4.79 Å². The molecule has 1 aromatic carbocycles. The van der Waals surface area contributed by atoms with Gasteiger partial charge in [-0.2, -0.15) is 0 Å². The molecule has 1 fully saturated rings. The number of ether oxygens (including phenoxy) is 2. The van der Waals surface area contributed by atoms with Gasteiger partial charge in [0.15, 0.2) is 0 Å². The quantitative estimate of drug-likeness (QED) is 0.374. The minimum atomic E-state index is -0.497. The van der Waals surface area contributed by atoms with E-state index < -0.39 is 5.60 Å². The summed E-state index contributed by atoms with van der Waals surface area (Å²) < 4.78 is 11.5. The van der Waals surface area contributed by atoms with E-state index in [4.69, 9.17) is 21.1 Å². The minimum Gasteiger partial charge on any atom is -0.494 e. The Hall–Kier alpha value is -2.77. The van der Waals surface area contributed by atoms with Gasteiger partial charge in [0.1, 0.15) is 17.0 Å². The molecule has 4 rings (SSSR count).